The van der Waals surface area contributed by atoms with E-state index in [-0.39, 0.29) is 11.5 Å². The normalized spacial score (nSPS) is 10.3. The summed E-state index contributed by atoms with van der Waals surface area (Å²) in [6.07, 6.45) is 2.15. The van der Waals surface area contributed by atoms with Crippen LogP contribution in [0.2, 0.25) is 0 Å². The first-order valence-corrected chi connectivity index (χ1v) is 8.33. The van der Waals surface area contributed by atoms with Crippen LogP contribution in [0.1, 0.15) is 15.9 Å². The van der Waals surface area contributed by atoms with Crippen molar-refractivity contribution in [1.29, 1.82) is 0 Å². The summed E-state index contributed by atoms with van der Waals surface area (Å²) in [5.41, 5.74) is 13.0. The summed E-state index contributed by atoms with van der Waals surface area (Å²) >= 11 is 0. The fourth-order valence-electron chi connectivity index (χ4n) is 2.40. The number of nitrogen functional groups attached to an aromatic ring is 1. The van der Waals surface area contributed by atoms with Crippen LogP contribution < -0.4 is 21.9 Å². The number of rotatable bonds is 7. The van der Waals surface area contributed by atoms with Gasteiger partial charge in [-0.25, -0.2) is 14.4 Å². The fourth-order valence-corrected chi connectivity index (χ4v) is 2.40. The molecule has 0 unspecified atom stereocenters. The van der Waals surface area contributed by atoms with Crippen LogP contribution in [-0.2, 0) is 6.42 Å². The van der Waals surface area contributed by atoms with Crippen LogP contribution in [0.15, 0.2) is 60.9 Å². The monoisotopic (exact) mass is 366 g/mol. The van der Waals surface area contributed by atoms with Crippen molar-refractivity contribution in [2.45, 2.75) is 6.42 Å². The van der Waals surface area contributed by atoms with Gasteiger partial charge in [-0.05, 0) is 36.2 Å². The first-order chi connectivity index (χ1) is 13.1. The second kappa shape index (κ2) is 8.61. The van der Waals surface area contributed by atoms with Gasteiger partial charge in [-0.15, -0.1) is 0 Å². The van der Waals surface area contributed by atoms with E-state index in [4.69, 9.17) is 5.73 Å². The minimum absolute atomic E-state index is 0.266. The van der Waals surface area contributed by atoms with Crippen LogP contribution in [0.3, 0.4) is 0 Å². The average Bonchev–Trinajstić information content (AvgIpc) is 2.69. The Balaban J connectivity index is 1.57. The number of hydrazine groups is 1. The van der Waals surface area contributed by atoms with Gasteiger partial charge in [-0.1, -0.05) is 30.3 Å². The minimum Gasteiger partial charge on any atom is -0.393 e. The number of hydrogen-bond donors (Lipinski definition) is 4. The smallest absolute Gasteiger partial charge is 0.269 e. The van der Waals surface area contributed by atoms with Crippen molar-refractivity contribution < 1.29 is 9.18 Å². The average molecular weight is 366 g/mol. The molecule has 1 amide bonds. The van der Waals surface area contributed by atoms with E-state index in [0.717, 1.165) is 6.42 Å². The molecule has 1 aromatic heterocycles. The fraction of sp³-hybridized carbons (Fsp3) is 0.105. The molecule has 3 rings (SSSR count). The van der Waals surface area contributed by atoms with E-state index >= 15 is 0 Å². The Morgan fingerprint density at radius 2 is 1.70 bits per heavy atom. The van der Waals surface area contributed by atoms with Gasteiger partial charge in [0.1, 0.15) is 17.8 Å². The van der Waals surface area contributed by atoms with Crippen molar-refractivity contribution in [2.75, 3.05) is 23.0 Å². The van der Waals surface area contributed by atoms with Crippen LogP contribution in [0.5, 0.6) is 0 Å². The molecule has 0 radical (unpaired) electrons. The van der Waals surface area contributed by atoms with Gasteiger partial charge < -0.3 is 11.1 Å². The van der Waals surface area contributed by atoms with Crippen molar-refractivity contribution >= 4 is 23.2 Å². The molecule has 0 aliphatic heterocycles. The number of nitrogens with one attached hydrogen (secondary N) is 3. The third-order valence-electron chi connectivity index (χ3n) is 3.83. The van der Waals surface area contributed by atoms with Crippen LogP contribution in [-0.4, -0.2) is 22.4 Å². The van der Waals surface area contributed by atoms with E-state index in [1.807, 2.05) is 30.3 Å². The summed E-state index contributed by atoms with van der Waals surface area (Å²) in [5, 5.41) is 3.16. The SMILES string of the molecule is Nc1c(NCCc2ccccc2)ncnc1NNC(=O)c1ccc(F)cc1. The molecule has 0 spiro atoms. The van der Waals surface area contributed by atoms with Gasteiger partial charge >= 0.3 is 0 Å². The number of anilines is 3. The zero-order chi connectivity index (χ0) is 19.1. The molecule has 0 fully saturated rings. The van der Waals surface area contributed by atoms with Crippen molar-refractivity contribution in [3.05, 3.63) is 77.9 Å². The van der Waals surface area contributed by atoms with E-state index in [1.54, 1.807) is 0 Å². The summed E-state index contributed by atoms with van der Waals surface area (Å²) in [7, 11) is 0. The standard InChI is InChI=1S/C19H19FN6O/c20-15-8-6-14(7-9-15)19(27)26-25-18-16(21)17(23-12-24-18)22-11-10-13-4-2-1-3-5-13/h1-9,12H,10-11,21H2,(H,26,27)(H2,22,23,24,25). The number of benzene rings is 2. The van der Waals surface area contributed by atoms with Gasteiger partial charge in [-0.3, -0.25) is 15.6 Å². The molecule has 0 atom stereocenters. The number of aromatic nitrogens is 2. The van der Waals surface area contributed by atoms with E-state index in [2.05, 4.69) is 26.1 Å². The molecule has 5 N–H and O–H groups in total. The number of halogens is 1. The maximum absolute atomic E-state index is 12.9. The number of carbonyl (C=O) groups is 1. The Hall–Kier alpha value is -3.68. The molecule has 0 aliphatic rings. The first-order valence-electron chi connectivity index (χ1n) is 8.33. The van der Waals surface area contributed by atoms with E-state index in [0.29, 0.717) is 17.9 Å². The zero-order valence-corrected chi connectivity index (χ0v) is 14.4. The van der Waals surface area contributed by atoms with Crippen molar-refractivity contribution in [2.24, 2.45) is 0 Å². The highest BCUT2D eigenvalue weighted by Gasteiger charge is 2.10. The van der Waals surface area contributed by atoms with Gasteiger partial charge in [0.25, 0.3) is 5.91 Å². The van der Waals surface area contributed by atoms with Crippen molar-refractivity contribution in [1.82, 2.24) is 15.4 Å². The van der Waals surface area contributed by atoms with Crippen molar-refractivity contribution in [3.8, 4) is 0 Å². The molecule has 0 saturated heterocycles. The first kappa shape index (κ1) is 18.1. The second-order valence-electron chi connectivity index (χ2n) is 5.73. The largest absolute Gasteiger partial charge is 0.393 e. The van der Waals surface area contributed by atoms with Gasteiger partial charge in [0, 0.05) is 12.1 Å². The van der Waals surface area contributed by atoms with Gasteiger partial charge in [0.2, 0.25) is 0 Å². The molecule has 1 heterocycles. The topological polar surface area (TPSA) is 105 Å². The molecule has 2 aromatic carbocycles. The molecular weight excluding hydrogens is 347 g/mol. The molecular formula is C19H19FN6O. The lowest BCUT2D eigenvalue weighted by Gasteiger charge is -2.13. The third-order valence-corrected chi connectivity index (χ3v) is 3.83. The maximum Gasteiger partial charge on any atom is 0.269 e. The summed E-state index contributed by atoms with van der Waals surface area (Å²) in [4.78, 5) is 20.2. The Labute approximate surface area is 155 Å². The van der Waals surface area contributed by atoms with E-state index < -0.39 is 11.7 Å². The van der Waals surface area contributed by atoms with Crippen LogP contribution in [0, 0.1) is 5.82 Å². The predicted octanol–water partition coefficient (Wildman–Crippen LogP) is 2.61. The lowest BCUT2D eigenvalue weighted by Crippen LogP contribution is -2.30. The van der Waals surface area contributed by atoms with Gasteiger partial charge in [0.15, 0.2) is 11.6 Å². The van der Waals surface area contributed by atoms with Crippen molar-refractivity contribution in [3.63, 3.8) is 0 Å². The predicted molar refractivity (Wildman–Crippen MR) is 103 cm³/mol. The molecule has 3 aromatic rings. The van der Waals surface area contributed by atoms with Gasteiger partial charge in [-0.2, -0.15) is 0 Å². The highest BCUT2D eigenvalue weighted by molar-refractivity contribution is 5.95. The number of hydrogen-bond acceptors (Lipinski definition) is 6. The number of nitrogens with zero attached hydrogens (tertiary/aromatic N) is 2. The van der Waals surface area contributed by atoms with Crippen LogP contribution in [0.25, 0.3) is 0 Å². The van der Waals surface area contributed by atoms with Crippen LogP contribution >= 0.6 is 0 Å². The van der Waals surface area contributed by atoms with E-state index in [1.165, 1.54) is 36.2 Å². The Morgan fingerprint density at radius 1 is 1.00 bits per heavy atom. The Bertz CT molecular complexity index is 902. The highest BCUT2D eigenvalue weighted by atomic mass is 19.1. The third kappa shape index (κ3) is 4.91. The van der Waals surface area contributed by atoms with Gasteiger partial charge in [0.05, 0.1) is 0 Å². The van der Waals surface area contributed by atoms with E-state index in [9.17, 15) is 9.18 Å². The molecule has 27 heavy (non-hydrogen) atoms. The molecule has 7 nitrogen and oxygen atoms in total. The maximum atomic E-state index is 12.9. The number of nitrogens with two attached hydrogens (primary N) is 1. The van der Waals surface area contributed by atoms with Crippen LogP contribution in [0.4, 0.5) is 21.7 Å². The Kier molecular flexibility index (Phi) is 5.78. The highest BCUT2D eigenvalue weighted by Crippen LogP contribution is 2.21. The second-order valence-corrected chi connectivity index (χ2v) is 5.73. The quantitative estimate of drug-likeness (QED) is 0.479. The summed E-state index contributed by atoms with van der Waals surface area (Å²) in [6.45, 7) is 0.645. The summed E-state index contributed by atoms with van der Waals surface area (Å²) in [6, 6.07) is 15.2. The summed E-state index contributed by atoms with van der Waals surface area (Å²) in [5.74, 6) is -0.112. The molecule has 0 saturated carbocycles. The molecule has 0 aliphatic carbocycles. The lowest BCUT2D eigenvalue weighted by molar-refractivity contribution is 0.0962. The Morgan fingerprint density at radius 3 is 2.44 bits per heavy atom. The lowest BCUT2D eigenvalue weighted by atomic mass is 10.1. The number of carbonyl (C=O) groups excluding carboxylic acids is 1. The number of amides is 1. The zero-order valence-electron chi connectivity index (χ0n) is 14.4. The summed E-state index contributed by atoms with van der Waals surface area (Å²) < 4.78 is 12.9. The molecule has 138 valence electrons. The molecule has 0 bridgehead atoms. The minimum atomic E-state index is -0.438. The molecule has 8 heteroatoms.